The van der Waals surface area contributed by atoms with Gasteiger partial charge in [0.15, 0.2) is 5.76 Å². The Balaban J connectivity index is 1.44. The van der Waals surface area contributed by atoms with Crippen LogP contribution >= 0.6 is 11.6 Å². The van der Waals surface area contributed by atoms with Crippen molar-refractivity contribution in [3.05, 3.63) is 75.9 Å². The molecular weight excluding hydrogens is 432 g/mol. The predicted molar refractivity (Wildman–Crippen MR) is 134 cm³/mol. The van der Waals surface area contributed by atoms with E-state index in [1.165, 1.54) is 11.1 Å². The molecule has 0 unspecified atom stereocenters. The summed E-state index contributed by atoms with van der Waals surface area (Å²) in [6, 6.07) is 16.4. The molecule has 2 aromatic carbocycles. The second kappa shape index (κ2) is 9.72. The summed E-state index contributed by atoms with van der Waals surface area (Å²) in [5.74, 6) is 0.945. The van der Waals surface area contributed by atoms with Gasteiger partial charge < -0.3 is 9.42 Å². The van der Waals surface area contributed by atoms with Gasteiger partial charge in [-0.1, -0.05) is 73.9 Å². The summed E-state index contributed by atoms with van der Waals surface area (Å²) < 4.78 is 5.56. The highest BCUT2D eigenvalue weighted by Crippen LogP contribution is 2.33. The van der Waals surface area contributed by atoms with Crippen molar-refractivity contribution in [2.24, 2.45) is 5.92 Å². The summed E-state index contributed by atoms with van der Waals surface area (Å²) in [5, 5.41) is 4.64. The van der Waals surface area contributed by atoms with Gasteiger partial charge in [0.25, 0.3) is 5.91 Å². The first-order valence-corrected chi connectivity index (χ1v) is 12.2. The average molecular weight is 465 g/mol. The maximum absolute atomic E-state index is 13.5. The van der Waals surface area contributed by atoms with E-state index in [2.05, 4.69) is 50.2 Å². The molecule has 1 fully saturated rings. The number of amides is 1. The smallest absolute Gasteiger partial charge is 0.259 e. The number of hydrogen-bond acceptors (Lipinski definition) is 3. The quantitative estimate of drug-likeness (QED) is 0.405. The Bertz CT molecular complexity index is 1110. The van der Waals surface area contributed by atoms with Crippen LogP contribution in [0.15, 0.2) is 53.1 Å². The van der Waals surface area contributed by atoms with Crippen LogP contribution in [0.3, 0.4) is 0 Å². The first kappa shape index (κ1) is 23.6. The van der Waals surface area contributed by atoms with Crippen molar-refractivity contribution in [3.63, 3.8) is 0 Å². The fourth-order valence-electron chi connectivity index (χ4n) is 4.64. The average Bonchev–Trinajstić information content (AvgIpc) is 3.18. The summed E-state index contributed by atoms with van der Waals surface area (Å²) in [5.41, 5.74) is 4.74. The van der Waals surface area contributed by atoms with E-state index in [4.69, 9.17) is 16.1 Å². The van der Waals surface area contributed by atoms with E-state index in [1.807, 2.05) is 30.0 Å². The largest absolute Gasteiger partial charge is 0.355 e. The van der Waals surface area contributed by atoms with E-state index >= 15 is 0 Å². The lowest BCUT2D eigenvalue weighted by Gasteiger charge is -2.33. The molecule has 33 heavy (non-hydrogen) atoms. The van der Waals surface area contributed by atoms with E-state index in [0.717, 1.165) is 38.8 Å². The zero-order chi connectivity index (χ0) is 23.6. The summed E-state index contributed by atoms with van der Waals surface area (Å²) in [6.45, 7) is 10.1. The van der Waals surface area contributed by atoms with Gasteiger partial charge >= 0.3 is 0 Å². The van der Waals surface area contributed by atoms with Crippen molar-refractivity contribution in [3.8, 4) is 11.3 Å². The van der Waals surface area contributed by atoms with Crippen molar-refractivity contribution < 1.29 is 9.32 Å². The summed E-state index contributed by atoms with van der Waals surface area (Å²) in [7, 11) is 0. The van der Waals surface area contributed by atoms with Gasteiger partial charge in [0.1, 0.15) is 5.56 Å². The van der Waals surface area contributed by atoms with Crippen LogP contribution in [0, 0.1) is 12.8 Å². The standard InChI is InChI=1S/C28H33ClN2O2/c1-19-25(26(33-30-19)23-9-5-6-10-24(23)29)27(32)31-17-7-8-21(18-31)12-11-20-13-15-22(16-14-20)28(2,3)4/h5-6,9-10,13-16,21H,7-8,11-12,17-18H2,1-4H3/t21-/m0/s1. The minimum absolute atomic E-state index is 0.0112. The summed E-state index contributed by atoms with van der Waals surface area (Å²) in [6.07, 6.45) is 4.29. The van der Waals surface area contributed by atoms with E-state index in [0.29, 0.717) is 33.5 Å². The maximum Gasteiger partial charge on any atom is 0.259 e. The molecule has 1 aliphatic rings. The molecule has 0 spiro atoms. The molecule has 1 saturated heterocycles. The first-order chi connectivity index (χ1) is 15.7. The van der Waals surface area contributed by atoms with Crippen molar-refractivity contribution in [2.45, 2.75) is 58.8 Å². The molecule has 0 N–H and O–H groups in total. The number of carbonyl (C=O) groups is 1. The molecule has 3 aromatic rings. The van der Waals surface area contributed by atoms with Gasteiger partial charge in [-0.2, -0.15) is 0 Å². The molecule has 0 saturated carbocycles. The normalized spacial score (nSPS) is 16.8. The van der Waals surface area contributed by atoms with Crippen LogP contribution in [-0.2, 0) is 11.8 Å². The molecule has 174 valence electrons. The third-order valence-electron chi connectivity index (χ3n) is 6.66. The van der Waals surface area contributed by atoms with Gasteiger partial charge in [0.2, 0.25) is 0 Å². The molecule has 0 radical (unpaired) electrons. The van der Waals surface area contributed by atoms with E-state index in [9.17, 15) is 4.79 Å². The number of aromatic nitrogens is 1. The third-order valence-corrected chi connectivity index (χ3v) is 6.99. The maximum atomic E-state index is 13.5. The lowest BCUT2D eigenvalue weighted by Crippen LogP contribution is -2.40. The highest BCUT2D eigenvalue weighted by molar-refractivity contribution is 6.33. The predicted octanol–water partition coefficient (Wildman–Crippen LogP) is 7.09. The Morgan fingerprint density at radius 1 is 1.15 bits per heavy atom. The highest BCUT2D eigenvalue weighted by Gasteiger charge is 2.30. The van der Waals surface area contributed by atoms with Crippen molar-refractivity contribution in [1.82, 2.24) is 10.1 Å². The molecule has 1 amide bonds. The highest BCUT2D eigenvalue weighted by atomic mass is 35.5. The minimum Gasteiger partial charge on any atom is -0.355 e. The van der Waals surface area contributed by atoms with E-state index in [1.54, 1.807) is 6.07 Å². The number of piperidine rings is 1. The Morgan fingerprint density at radius 2 is 1.88 bits per heavy atom. The topological polar surface area (TPSA) is 46.3 Å². The van der Waals surface area contributed by atoms with Crippen molar-refractivity contribution in [1.29, 1.82) is 0 Å². The van der Waals surface area contributed by atoms with Crippen LogP contribution in [0.4, 0.5) is 0 Å². The zero-order valence-electron chi connectivity index (χ0n) is 20.0. The monoisotopic (exact) mass is 464 g/mol. The zero-order valence-corrected chi connectivity index (χ0v) is 20.8. The van der Waals surface area contributed by atoms with Crippen molar-refractivity contribution in [2.75, 3.05) is 13.1 Å². The molecule has 5 heteroatoms. The third kappa shape index (κ3) is 5.33. The van der Waals surface area contributed by atoms with E-state index in [-0.39, 0.29) is 11.3 Å². The first-order valence-electron chi connectivity index (χ1n) is 11.8. The number of benzene rings is 2. The molecule has 1 aromatic heterocycles. The summed E-state index contributed by atoms with van der Waals surface area (Å²) >= 11 is 6.37. The van der Waals surface area contributed by atoms with Gasteiger partial charge in [-0.05, 0) is 67.2 Å². The Hall–Kier alpha value is -2.59. The van der Waals surface area contributed by atoms with Crippen molar-refractivity contribution >= 4 is 17.5 Å². The molecule has 2 heterocycles. The molecule has 4 rings (SSSR count). The van der Waals surface area contributed by atoms with Gasteiger partial charge in [-0.3, -0.25) is 4.79 Å². The van der Waals surface area contributed by atoms with E-state index < -0.39 is 0 Å². The lowest BCUT2D eigenvalue weighted by atomic mass is 9.86. The van der Waals surface area contributed by atoms with Crippen LogP contribution in [0.2, 0.25) is 5.02 Å². The van der Waals surface area contributed by atoms with Crippen LogP contribution in [-0.4, -0.2) is 29.1 Å². The molecule has 1 aliphatic heterocycles. The number of nitrogens with zero attached hydrogens (tertiary/aromatic N) is 2. The number of likely N-dealkylation sites (tertiary alicyclic amines) is 1. The fraction of sp³-hybridized carbons (Fsp3) is 0.429. The minimum atomic E-state index is -0.0112. The van der Waals surface area contributed by atoms with Gasteiger partial charge in [0.05, 0.1) is 10.7 Å². The molecule has 4 nitrogen and oxygen atoms in total. The Labute approximate surface area is 201 Å². The number of rotatable bonds is 5. The SMILES string of the molecule is Cc1noc(-c2ccccc2Cl)c1C(=O)N1CCC[C@@H](CCc2ccc(C(C)(C)C)cc2)C1. The molecule has 0 bridgehead atoms. The molecule has 1 atom stereocenters. The van der Waals surface area contributed by atoms with Gasteiger partial charge in [-0.25, -0.2) is 0 Å². The number of aryl methyl sites for hydroxylation is 2. The molecule has 0 aliphatic carbocycles. The Morgan fingerprint density at radius 3 is 2.58 bits per heavy atom. The van der Waals surface area contributed by atoms with Gasteiger partial charge in [-0.15, -0.1) is 0 Å². The second-order valence-corrected chi connectivity index (χ2v) is 10.6. The van der Waals surface area contributed by atoms with Crippen LogP contribution < -0.4 is 0 Å². The second-order valence-electron chi connectivity index (χ2n) is 10.2. The number of hydrogen-bond donors (Lipinski definition) is 0. The van der Waals surface area contributed by atoms with Gasteiger partial charge in [0, 0.05) is 18.7 Å². The van der Waals surface area contributed by atoms with Crippen LogP contribution in [0.5, 0.6) is 0 Å². The summed E-state index contributed by atoms with van der Waals surface area (Å²) in [4.78, 5) is 15.5. The molecular formula is C28H33ClN2O2. The number of halogens is 1. The lowest BCUT2D eigenvalue weighted by molar-refractivity contribution is 0.0668. The Kier molecular flexibility index (Phi) is 6.94. The van der Waals surface area contributed by atoms with Crippen LogP contribution in [0.1, 0.15) is 67.2 Å². The number of carbonyl (C=O) groups excluding carboxylic acids is 1. The van der Waals surface area contributed by atoms with Crippen LogP contribution in [0.25, 0.3) is 11.3 Å². The fourth-order valence-corrected chi connectivity index (χ4v) is 4.86.